The molecule has 31 heavy (non-hydrogen) atoms. The third kappa shape index (κ3) is 4.13. The molecule has 1 unspecified atom stereocenters. The first-order chi connectivity index (χ1) is 14.6. The van der Waals surface area contributed by atoms with E-state index in [0.29, 0.717) is 56.0 Å². The summed E-state index contributed by atoms with van der Waals surface area (Å²) in [5.41, 5.74) is 5.88. The number of aryl methyl sites for hydroxylation is 1. The molecular weight excluding hydrogens is 413 g/mol. The van der Waals surface area contributed by atoms with Gasteiger partial charge in [0.15, 0.2) is 5.69 Å². The lowest BCUT2D eigenvalue weighted by molar-refractivity contribution is -0.142. The van der Waals surface area contributed by atoms with Crippen LogP contribution in [0.3, 0.4) is 0 Å². The molecule has 2 aromatic heterocycles. The molecule has 0 aromatic carbocycles. The maximum atomic E-state index is 13.4. The van der Waals surface area contributed by atoms with Crippen LogP contribution in [0.25, 0.3) is 0 Å². The number of amides is 2. The quantitative estimate of drug-likeness (QED) is 0.789. The molecule has 2 aromatic rings. The second-order valence-electron chi connectivity index (χ2n) is 8.05. The van der Waals surface area contributed by atoms with Crippen molar-refractivity contribution >= 4 is 11.8 Å². The molecule has 3 heterocycles. The lowest BCUT2D eigenvalue weighted by Crippen LogP contribution is -2.33. The zero-order valence-corrected chi connectivity index (χ0v) is 17.1. The summed E-state index contributed by atoms with van der Waals surface area (Å²) in [5.74, 6) is -0.471. The number of nitrogens with two attached hydrogens (primary N) is 1. The number of halogens is 3. The Morgan fingerprint density at radius 2 is 2.00 bits per heavy atom. The third-order valence-corrected chi connectivity index (χ3v) is 5.98. The third-order valence-electron chi connectivity index (χ3n) is 5.98. The number of likely N-dealkylation sites (tertiary alicyclic amines) is 1. The van der Waals surface area contributed by atoms with E-state index in [1.54, 1.807) is 11.8 Å². The van der Waals surface area contributed by atoms with Crippen LogP contribution < -0.4 is 5.73 Å². The summed E-state index contributed by atoms with van der Waals surface area (Å²) in [7, 11) is 0. The molecular formula is C20H23F3N6O2. The van der Waals surface area contributed by atoms with Gasteiger partial charge in [-0.2, -0.15) is 18.3 Å². The van der Waals surface area contributed by atoms with Gasteiger partial charge >= 0.3 is 6.18 Å². The van der Waals surface area contributed by atoms with Crippen molar-refractivity contribution in [3.05, 3.63) is 40.2 Å². The predicted octanol–water partition coefficient (Wildman–Crippen LogP) is 1.99. The van der Waals surface area contributed by atoms with E-state index in [0.717, 1.165) is 6.42 Å². The molecule has 1 aliphatic heterocycles. The highest BCUT2D eigenvalue weighted by molar-refractivity contribution is 5.93. The summed E-state index contributed by atoms with van der Waals surface area (Å²) < 4.78 is 41.3. The van der Waals surface area contributed by atoms with Gasteiger partial charge in [-0.3, -0.25) is 14.3 Å². The summed E-state index contributed by atoms with van der Waals surface area (Å²) >= 11 is 0. The first-order valence-electron chi connectivity index (χ1n) is 10.2. The van der Waals surface area contributed by atoms with Gasteiger partial charge < -0.3 is 10.6 Å². The van der Waals surface area contributed by atoms with Crippen LogP contribution in [0.15, 0.2) is 6.20 Å². The Balaban J connectivity index is 1.48. The van der Waals surface area contributed by atoms with Crippen LogP contribution in [-0.2, 0) is 30.4 Å². The highest BCUT2D eigenvalue weighted by Crippen LogP contribution is 2.36. The van der Waals surface area contributed by atoms with Crippen LogP contribution in [0.5, 0.6) is 0 Å². The Hall–Kier alpha value is -2.98. The van der Waals surface area contributed by atoms with Crippen LogP contribution in [0.4, 0.5) is 13.2 Å². The van der Waals surface area contributed by atoms with Gasteiger partial charge in [-0.25, -0.2) is 9.97 Å². The van der Waals surface area contributed by atoms with Gasteiger partial charge in [0.05, 0.1) is 11.3 Å². The number of alkyl halides is 3. The van der Waals surface area contributed by atoms with Crippen LogP contribution in [0, 0.1) is 6.92 Å². The van der Waals surface area contributed by atoms with Crippen molar-refractivity contribution in [2.75, 3.05) is 13.1 Å². The van der Waals surface area contributed by atoms with Crippen molar-refractivity contribution in [3.8, 4) is 0 Å². The Morgan fingerprint density at radius 1 is 1.26 bits per heavy atom. The number of hydrogen-bond acceptors (Lipinski definition) is 5. The van der Waals surface area contributed by atoms with E-state index in [2.05, 4.69) is 15.1 Å². The van der Waals surface area contributed by atoms with Gasteiger partial charge in [-0.1, -0.05) is 0 Å². The second kappa shape index (κ2) is 7.93. The lowest BCUT2D eigenvalue weighted by atomic mass is 9.95. The molecule has 2 amide bonds. The first kappa shape index (κ1) is 21.3. The molecule has 0 bridgehead atoms. The zero-order valence-electron chi connectivity index (χ0n) is 17.1. The predicted molar refractivity (Wildman–Crippen MR) is 103 cm³/mol. The SMILES string of the molecule is Cc1nc(C2CCN(C(=O)Cn3nc(C(F)(F)F)c4c3CCCC4)C2)ncc1C(N)=O. The van der Waals surface area contributed by atoms with E-state index in [9.17, 15) is 22.8 Å². The summed E-state index contributed by atoms with van der Waals surface area (Å²) in [6, 6.07) is 0. The molecule has 0 spiro atoms. The number of nitrogens with zero attached hydrogens (tertiary/aromatic N) is 5. The fraction of sp³-hybridized carbons (Fsp3) is 0.550. The van der Waals surface area contributed by atoms with Gasteiger partial charge in [0, 0.05) is 36.5 Å². The van der Waals surface area contributed by atoms with Gasteiger partial charge in [0.2, 0.25) is 5.91 Å². The van der Waals surface area contributed by atoms with Gasteiger partial charge in [-0.15, -0.1) is 0 Å². The average Bonchev–Trinajstić information content (AvgIpc) is 3.33. The minimum atomic E-state index is -4.53. The molecule has 0 saturated carbocycles. The number of fused-ring (bicyclic) bond motifs is 1. The number of primary amides is 1. The molecule has 11 heteroatoms. The van der Waals surface area contributed by atoms with Crippen molar-refractivity contribution in [1.82, 2.24) is 24.6 Å². The molecule has 2 aliphatic rings. The van der Waals surface area contributed by atoms with Crippen molar-refractivity contribution < 1.29 is 22.8 Å². The van der Waals surface area contributed by atoms with Crippen molar-refractivity contribution in [2.45, 2.75) is 57.7 Å². The average molecular weight is 436 g/mol. The van der Waals surface area contributed by atoms with E-state index in [1.165, 1.54) is 10.9 Å². The summed E-state index contributed by atoms with van der Waals surface area (Å²) in [6.45, 7) is 2.27. The van der Waals surface area contributed by atoms with Crippen molar-refractivity contribution in [3.63, 3.8) is 0 Å². The van der Waals surface area contributed by atoms with Crippen LogP contribution in [0.1, 0.15) is 64.0 Å². The largest absolute Gasteiger partial charge is 0.435 e. The van der Waals surface area contributed by atoms with Crippen molar-refractivity contribution in [2.24, 2.45) is 5.73 Å². The summed E-state index contributed by atoms with van der Waals surface area (Å²) in [5, 5.41) is 3.77. The van der Waals surface area contributed by atoms with E-state index < -0.39 is 17.8 Å². The molecule has 1 fully saturated rings. The monoisotopic (exact) mass is 436 g/mol. The normalized spacial score (nSPS) is 18.8. The van der Waals surface area contributed by atoms with E-state index in [1.807, 2.05) is 0 Å². The molecule has 1 saturated heterocycles. The van der Waals surface area contributed by atoms with Gasteiger partial charge in [0.25, 0.3) is 5.91 Å². The molecule has 1 atom stereocenters. The molecule has 0 radical (unpaired) electrons. The zero-order chi connectivity index (χ0) is 22.3. The fourth-order valence-electron chi connectivity index (χ4n) is 4.38. The number of carbonyl (C=O) groups excluding carboxylic acids is 2. The topological polar surface area (TPSA) is 107 Å². The maximum absolute atomic E-state index is 13.4. The molecule has 166 valence electrons. The Morgan fingerprint density at radius 3 is 2.68 bits per heavy atom. The number of aromatic nitrogens is 4. The number of hydrogen-bond donors (Lipinski definition) is 1. The Kier molecular flexibility index (Phi) is 5.44. The number of carbonyl (C=O) groups is 2. The van der Waals surface area contributed by atoms with Gasteiger partial charge in [-0.05, 0) is 39.0 Å². The molecule has 8 nitrogen and oxygen atoms in total. The first-order valence-corrected chi connectivity index (χ1v) is 10.2. The number of rotatable bonds is 4. The Labute approximate surface area is 176 Å². The maximum Gasteiger partial charge on any atom is 0.435 e. The Bertz CT molecular complexity index is 1030. The van der Waals surface area contributed by atoms with E-state index >= 15 is 0 Å². The molecule has 1 aliphatic carbocycles. The highest BCUT2D eigenvalue weighted by atomic mass is 19.4. The highest BCUT2D eigenvalue weighted by Gasteiger charge is 2.40. The van der Waals surface area contributed by atoms with Crippen LogP contribution in [-0.4, -0.2) is 49.6 Å². The smallest absolute Gasteiger partial charge is 0.365 e. The van der Waals surface area contributed by atoms with Gasteiger partial charge in [0.1, 0.15) is 12.4 Å². The fourth-order valence-corrected chi connectivity index (χ4v) is 4.38. The minimum Gasteiger partial charge on any atom is -0.365 e. The van der Waals surface area contributed by atoms with Crippen molar-refractivity contribution in [1.29, 1.82) is 0 Å². The molecule has 2 N–H and O–H groups in total. The summed E-state index contributed by atoms with van der Waals surface area (Å²) in [4.78, 5) is 34.3. The second-order valence-corrected chi connectivity index (χ2v) is 8.05. The van der Waals surface area contributed by atoms with Crippen LogP contribution in [0.2, 0.25) is 0 Å². The summed E-state index contributed by atoms with van der Waals surface area (Å²) in [6.07, 6.45) is -0.201. The van der Waals surface area contributed by atoms with Crippen LogP contribution >= 0.6 is 0 Å². The van der Waals surface area contributed by atoms with E-state index in [-0.39, 0.29) is 29.5 Å². The minimum absolute atomic E-state index is 0.109. The van der Waals surface area contributed by atoms with E-state index in [4.69, 9.17) is 5.73 Å². The lowest BCUT2D eigenvalue weighted by Gasteiger charge is -2.18. The standard InChI is InChI=1S/C20H23F3N6O2/c1-11-14(18(24)31)8-25-19(26-11)12-6-7-28(9-12)16(30)10-29-15-5-3-2-4-13(15)17(27-29)20(21,22)23/h8,12H,2-7,9-10H2,1H3,(H2,24,31). The molecule has 4 rings (SSSR count).